The Morgan fingerprint density at radius 2 is 2.15 bits per heavy atom. The van der Waals surface area contributed by atoms with Gasteiger partial charge < -0.3 is 5.73 Å². The average molecular weight is 191 g/mol. The van der Waals surface area contributed by atoms with Crippen molar-refractivity contribution in [3.05, 3.63) is 23.3 Å². The van der Waals surface area contributed by atoms with Crippen molar-refractivity contribution in [2.24, 2.45) is 0 Å². The zero-order chi connectivity index (χ0) is 9.26. The minimum Gasteiger partial charge on any atom is -0.389 e. The third-order valence-electron chi connectivity index (χ3n) is 1.53. The van der Waals surface area contributed by atoms with Crippen molar-refractivity contribution in [1.29, 1.82) is 5.26 Å². The maximum Gasteiger partial charge on any atom is 0.137 e. The van der Waals surface area contributed by atoms with Crippen LogP contribution in [0.1, 0.15) is 5.56 Å². The summed E-state index contributed by atoms with van der Waals surface area (Å²) in [6, 6.07) is 2.03. The molecule has 2 rings (SSSR count). The van der Waals surface area contributed by atoms with Crippen LogP contribution in [0, 0.1) is 11.3 Å². The fourth-order valence-corrected chi connectivity index (χ4v) is 1.70. The van der Waals surface area contributed by atoms with Gasteiger partial charge in [0.2, 0.25) is 0 Å². The molecule has 64 valence electrons. The van der Waals surface area contributed by atoms with Gasteiger partial charge in [-0.1, -0.05) is 0 Å². The molecule has 0 saturated carbocycles. The molecule has 0 bridgehead atoms. The molecule has 6 heteroatoms. The van der Waals surface area contributed by atoms with E-state index < -0.39 is 0 Å². The highest BCUT2D eigenvalue weighted by atomic mass is 32.1. The molecule has 0 aliphatic heterocycles. The van der Waals surface area contributed by atoms with E-state index in [4.69, 9.17) is 11.0 Å². The molecule has 0 spiro atoms. The number of thiophene rings is 1. The molecule has 0 unspecified atom stereocenters. The molecule has 0 aromatic carbocycles. The zero-order valence-corrected chi connectivity index (χ0v) is 7.32. The molecule has 5 nitrogen and oxygen atoms in total. The first-order valence-corrected chi connectivity index (χ1v) is 4.34. The summed E-state index contributed by atoms with van der Waals surface area (Å²) in [5.74, 6) is 0. The highest BCUT2D eigenvalue weighted by molar-refractivity contribution is 7.14. The molecule has 2 aromatic rings. The topological polar surface area (TPSA) is 80.5 Å². The Balaban J connectivity index is 2.64. The summed E-state index contributed by atoms with van der Waals surface area (Å²) < 4.78 is 0. The number of anilines is 1. The first-order valence-electron chi connectivity index (χ1n) is 3.46. The van der Waals surface area contributed by atoms with Gasteiger partial charge in [-0.3, -0.25) is 0 Å². The summed E-state index contributed by atoms with van der Waals surface area (Å²) in [4.78, 5) is 1.35. The monoisotopic (exact) mass is 191 g/mol. The molecule has 0 amide bonds. The molecule has 2 N–H and O–H groups in total. The van der Waals surface area contributed by atoms with Crippen LogP contribution in [0.3, 0.4) is 0 Å². The van der Waals surface area contributed by atoms with Gasteiger partial charge in [0, 0.05) is 5.38 Å². The molecule has 0 atom stereocenters. The number of rotatable bonds is 1. The van der Waals surface area contributed by atoms with E-state index in [-0.39, 0.29) is 0 Å². The van der Waals surface area contributed by atoms with E-state index in [0.29, 0.717) is 16.3 Å². The van der Waals surface area contributed by atoms with Crippen LogP contribution in [0.5, 0.6) is 0 Å². The van der Waals surface area contributed by atoms with E-state index >= 15 is 0 Å². The Morgan fingerprint density at radius 1 is 1.46 bits per heavy atom. The first-order chi connectivity index (χ1) is 6.33. The van der Waals surface area contributed by atoms with Gasteiger partial charge in [-0.25, -0.2) is 0 Å². The molecular weight excluding hydrogens is 186 g/mol. The fourth-order valence-electron chi connectivity index (χ4n) is 0.984. The normalized spacial score (nSPS) is 9.77. The van der Waals surface area contributed by atoms with Crippen molar-refractivity contribution in [2.75, 3.05) is 5.73 Å². The van der Waals surface area contributed by atoms with Crippen LogP contribution < -0.4 is 5.73 Å². The van der Waals surface area contributed by atoms with E-state index in [1.165, 1.54) is 28.5 Å². The summed E-state index contributed by atoms with van der Waals surface area (Å²) in [7, 11) is 0. The minimum absolute atomic E-state index is 0.499. The average Bonchev–Trinajstić information content (AvgIpc) is 2.72. The number of nitriles is 1. The number of hydrogen-bond donors (Lipinski definition) is 1. The second-order valence-electron chi connectivity index (χ2n) is 2.29. The Labute approximate surface area is 78.0 Å². The SMILES string of the molecule is N#Cc1csc(N)c1-n1nccn1. The number of nitrogen functional groups attached to an aromatic ring is 1. The van der Waals surface area contributed by atoms with Crippen molar-refractivity contribution >= 4 is 16.3 Å². The van der Waals surface area contributed by atoms with E-state index in [1.54, 1.807) is 5.38 Å². The molecule has 0 aliphatic rings. The summed E-state index contributed by atoms with van der Waals surface area (Å²) in [6.45, 7) is 0. The summed E-state index contributed by atoms with van der Waals surface area (Å²) >= 11 is 1.31. The van der Waals surface area contributed by atoms with Gasteiger partial charge >= 0.3 is 0 Å². The Bertz CT molecular complexity index is 450. The van der Waals surface area contributed by atoms with E-state index in [1.807, 2.05) is 6.07 Å². The lowest BCUT2D eigenvalue weighted by Gasteiger charge is -1.97. The molecule has 0 fully saturated rings. The molecule has 0 radical (unpaired) electrons. The van der Waals surface area contributed by atoms with Gasteiger partial charge in [0.05, 0.1) is 18.0 Å². The van der Waals surface area contributed by atoms with Crippen molar-refractivity contribution in [2.45, 2.75) is 0 Å². The Kier molecular flexibility index (Phi) is 1.72. The molecule has 13 heavy (non-hydrogen) atoms. The van der Waals surface area contributed by atoms with Crippen LogP contribution in [0.4, 0.5) is 5.00 Å². The Hall–Kier alpha value is -1.87. The number of aromatic nitrogens is 3. The van der Waals surface area contributed by atoms with E-state index in [2.05, 4.69) is 10.2 Å². The third-order valence-corrected chi connectivity index (χ3v) is 2.33. The standard InChI is InChI=1S/C7H5N5S/c8-3-5-4-13-7(9)6(5)12-10-1-2-11-12/h1-2,4H,9H2. The molecule has 0 aliphatic carbocycles. The van der Waals surface area contributed by atoms with E-state index in [0.717, 1.165) is 0 Å². The third kappa shape index (κ3) is 1.15. The van der Waals surface area contributed by atoms with Gasteiger partial charge in [0.1, 0.15) is 16.8 Å². The summed E-state index contributed by atoms with van der Waals surface area (Å²) in [5, 5.41) is 18.8. The minimum atomic E-state index is 0.499. The van der Waals surface area contributed by atoms with Crippen LogP contribution in [0.2, 0.25) is 0 Å². The largest absolute Gasteiger partial charge is 0.389 e. The van der Waals surface area contributed by atoms with Crippen molar-refractivity contribution < 1.29 is 0 Å². The highest BCUT2D eigenvalue weighted by Gasteiger charge is 2.11. The Morgan fingerprint density at radius 3 is 2.77 bits per heavy atom. The van der Waals surface area contributed by atoms with Crippen molar-refractivity contribution in [3.8, 4) is 11.8 Å². The predicted octanol–water partition coefficient (Wildman–Crippen LogP) is 0.783. The first kappa shape index (κ1) is 7.76. The number of nitrogens with zero attached hydrogens (tertiary/aromatic N) is 4. The van der Waals surface area contributed by atoms with Gasteiger partial charge in [0.25, 0.3) is 0 Å². The molecular formula is C7H5N5S. The lowest BCUT2D eigenvalue weighted by atomic mass is 10.3. The fraction of sp³-hybridized carbons (Fsp3) is 0. The predicted molar refractivity (Wildman–Crippen MR) is 48.4 cm³/mol. The van der Waals surface area contributed by atoms with Crippen LogP contribution in [0.25, 0.3) is 5.69 Å². The lowest BCUT2D eigenvalue weighted by molar-refractivity contribution is 0.754. The van der Waals surface area contributed by atoms with Gasteiger partial charge in [-0.15, -0.1) is 16.1 Å². The molecule has 0 saturated heterocycles. The van der Waals surface area contributed by atoms with Crippen LogP contribution in [-0.2, 0) is 0 Å². The second-order valence-corrected chi connectivity index (χ2v) is 3.20. The van der Waals surface area contributed by atoms with Gasteiger partial charge in [-0.05, 0) is 0 Å². The quantitative estimate of drug-likeness (QED) is 0.722. The number of hydrogen-bond acceptors (Lipinski definition) is 5. The lowest BCUT2D eigenvalue weighted by Crippen LogP contribution is -2.01. The summed E-state index contributed by atoms with van der Waals surface area (Å²) in [5.41, 5.74) is 6.74. The van der Waals surface area contributed by atoms with Crippen LogP contribution in [-0.4, -0.2) is 15.0 Å². The van der Waals surface area contributed by atoms with Gasteiger partial charge in [0.15, 0.2) is 0 Å². The van der Waals surface area contributed by atoms with Crippen molar-refractivity contribution in [3.63, 3.8) is 0 Å². The second kappa shape index (κ2) is 2.88. The molecule has 2 aromatic heterocycles. The van der Waals surface area contributed by atoms with Crippen molar-refractivity contribution in [1.82, 2.24) is 15.0 Å². The molecule has 2 heterocycles. The maximum absolute atomic E-state index is 8.76. The summed E-state index contributed by atoms with van der Waals surface area (Å²) in [6.07, 6.45) is 3.08. The number of nitrogens with two attached hydrogens (primary N) is 1. The zero-order valence-electron chi connectivity index (χ0n) is 6.51. The van der Waals surface area contributed by atoms with E-state index in [9.17, 15) is 0 Å². The maximum atomic E-state index is 8.76. The smallest absolute Gasteiger partial charge is 0.137 e. The van der Waals surface area contributed by atoms with Gasteiger partial charge in [-0.2, -0.15) is 15.5 Å². The van der Waals surface area contributed by atoms with Crippen LogP contribution >= 0.6 is 11.3 Å². The van der Waals surface area contributed by atoms with Crippen LogP contribution in [0.15, 0.2) is 17.8 Å². The highest BCUT2D eigenvalue weighted by Crippen LogP contribution is 2.26.